The lowest BCUT2D eigenvalue weighted by molar-refractivity contribution is 0.102. The summed E-state index contributed by atoms with van der Waals surface area (Å²) >= 11 is 0. The second-order valence-electron chi connectivity index (χ2n) is 7.60. The minimum Gasteiger partial charge on any atom is -0.351 e. The summed E-state index contributed by atoms with van der Waals surface area (Å²) < 4.78 is 25.7. The molecule has 1 aliphatic heterocycles. The molecule has 1 aliphatic rings. The van der Waals surface area contributed by atoms with E-state index >= 15 is 0 Å². The van der Waals surface area contributed by atoms with Gasteiger partial charge in [0.2, 0.25) is 0 Å². The molecular formula is C22H20N6O4S. The highest BCUT2D eigenvalue weighted by atomic mass is 32.2. The molecule has 33 heavy (non-hydrogen) atoms. The van der Waals surface area contributed by atoms with Gasteiger partial charge in [0.05, 0.1) is 40.9 Å². The van der Waals surface area contributed by atoms with Crippen LogP contribution in [0.1, 0.15) is 21.6 Å². The third kappa shape index (κ3) is 4.42. The van der Waals surface area contributed by atoms with Gasteiger partial charge in [-0.3, -0.25) is 9.48 Å². The highest BCUT2D eigenvalue weighted by molar-refractivity contribution is 7.90. The number of primary amides is 1. The van der Waals surface area contributed by atoms with Gasteiger partial charge in [0.25, 0.3) is 5.91 Å². The molecule has 0 spiro atoms. The van der Waals surface area contributed by atoms with Gasteiger partial charge in [0.1, 0.15) is 5.69 Å². The zero-order valence-corrected chi connectivity index (χ0v) is 18.5. The number of nitrogens with one attached hydrogen (secondary N) is 1. The number of nitrogens with two attached hydrogens (primary N) is 1. The van der Waals surface area contributed by atoms with Gasteiger partial charge >= 0.3 is 6.03 Å². The van der Waals surface area contributed by atoms with E-state index in [2.05, 4.69) is 10.4 Å². The summed E-state index contributed by atoms with van der Waals surface area (Å²) in [4.78, 5) is 26.6. The number of benzene rings is 2. The van der Waals surface area contributed by atoms with Gasteiger partial charge < -0.3 is 16.0 Å². The number of nitriles is 1. The standard InChI is InChI=1S/C22H20N6O4S/c1-33(31,32)17-4-2-3-15(11-17)20-19(18-13-27(22(24)30)9-10-28(18)26-20)21(29)25-16-7-5-14(12-23)6-8-16/h2-8,11H,9-10,13H2,1H3,(H2,24,30)(H,25,29). The average Bonchev–Trinajstić information content (AvgIpc) is 3.18. The van der Waals surface area contributed by atoms with Crippen molar-refractivity contribution in [1.29, 1.82) is 5.26 Å². The summed E-state index contributed by atoms with van der Waals surface area (Å²) in [6, 6.07) is 14.0. The number of amides is 3. The third-order valence-corrected chi connectivity index (χ3v) is 6.44. The Morgan fingerprint density at radius 1 is 1.15 bits per heavy atom. The molecular weight excluding hydrogens is 444 g/mol. The summed E-state index contributed by atoms with van der Waals surface area (Å²) in [5.74, 6) is -0.480. The highest BCUT2D eigenvalue weighted by Crippen LogP contribution is 2.30. The molecule has 3 N–H and O–H groups in total. The van der Waals surface area contributed by atoms with Gasteiger partial charge in [-0.1, -0.05) is 12.1 Å². The van der Waals surface area contributed by atoms with Crippen LogP contribution in [-0.2, 0) is 22.9 Å². The number of rotatable bonds is 4. The van der Waals surface area contributed by atoms with Crippen molar-refractivity contribution in [1.82, 2.24) is 14.7 Å². The minimum atomic E-state index is -3.47. The van der Waals surface area contributed by atoms with Crippen molar-refractivity contribution in [3.05, 3.63) is 65.4 Å². The van der Waals surface area contributed by atoms with Crippen LogP contribution < -0.4 is 11.1 Å². The number of carbonyl (C=O) groups is 2. The zero-order valence-electron chi connectivity index (χ0n) is 17.6. The fraction of sp³-hybridized carbons (Fsp3) is 0.182. The van der Waals surface area contributed by atoms with Crippen LogP contribution in [0.15, 0.2) is 53.4 Å². The largest absolute Gasteiger partial charge is 0.351 e. The van der Waals surface area contributed by atoms with E-state index in [0.717, 1.165) is 6.26 Å². The van der Waals surface area contributed by atoms with E-state index < -0.39 is 21.8 Å². The molecule has 1 aromatic heterocycles. The van der Waals surface area contributed by atoms with Gasteiger partial charge in [-0.15, -0.1) is 0 Å². The Hall–Kier alpha value is -4.17. The average molecular weight is 465 g/mol. The molecule has 2 heterocycles. The molecule has 0 saturated carbocycles. The molecule has 4 rings (SSSR count). The van der Waals surface area contributed by atoms with Crippen molar-refractivity contribution in [3.63, 3.8) is 0 Å². The molecule has 11 heteroatoms. The number of anilines is 1. The van der Waals surface area contributed by atoms with Crippen molar-refractivity contribution in [2.24, 2.45) is 5.73 Å². The lowest BCUT2D eigenvalue weighted by atomic mass is 10.0. The first-order chi connectivity index (χ1) is 15.7. The number of carbonyl (C=O) groups excluding carboxylic acids is 2. The van der Waals surface area contributed by atoms with Crippen LogP contribution in [0, 0.1) is 11.3 Å². The van der Waals surface area contributed by atoms with Crippen LogP contribution >= 0.6 is 0 Å². The van der Waals surface area contributed by atoms with Crippen LogP contribution in [0.25, 0.3) is 11.3 Å². The lowest BCUT2D eigenvalue weighted by Gasteiger charge is -2.26. The molecule has 3 amide bonds. The van der Waals surface area contributed by atoms with Crippen molar-refractivity contribution in [2.45, 2.75) is 18.0 Å². The number of fused-ring (bicyclic) bond motifs is 1. The fourth-order valence-electron chi connectivity index (χ4n) is 3.64. The maximum absolute atomic E-state index is 13.4. The molecule has 0 radical (unpaired) electrons. The number of sulfone groups is 1. The van der Waals surface area contributed by atoms with Gasteiger partial charge in [0.15, 0.2) is 9.84 Å². The Bertz CT molecular complexity index is 1400. The molecule has 3 aromatic rings. The minimum absolute atomic E-state index is 0.0875. The van der Waals surface area contributed by atoms with Crippen LogP contribution in [0.3, 0.4) is 0 Å². The summed E-state index contributed by atoms with van der Waals surface area (Å²) in [6.45, 7) is 0.759. The van der Waals surface area contributed by atoms with Gasteiger partial charge in [0, 0.05) is 24.1 Å². The molecule has 168 valence electrons. The molecule has 0 aliphatic carbocycles. The Kier molecular flexibility index (Phi) is 5.61. The normalized spacial score (nSPS) is 13.2. The first kappa shape index (κ1) is 22.0. The lowest BCUT2D eigenvalue weighted by Crippen LogP contribution is -2.42. The maximum Gasteiger partial charge on any atom is 0.315 e. The first-order valence-corrected chi connectivity index (χ1v) is 11.8. The maximum atomic E-state index is 13.4. The number of nitrogens with zero attached hydrogens (tertiary/aromatic N) is 4. The van der Waals surface area contributed by atoms with Crippen molar-refractivity contribution in [3.8, 4) is 17.3 Å². The molecule has 0 bridgehead atoms. The van der Waals surface area contributed by atoms with Crippen molar-refractivity contribution in [2.75, 3.05) is 18.1 Å². The van der Waals surface area contributed by atoms with E-state index in [-0.39, 0.29) is 17.0 Å². The van der Waals surface area contributed by atoms with Gasteiger partial charge in [-0.25, -0.2) is 13.2 Å². The van der Waals surface area contributed by atoms with Crippen LogP contribution in [0.2, 0.25) is 0 Å². The Morgan fingerprint density at radius 2 is 1.88 bits per heavy atom. The van der Waals surface area contributed by atoms with E-state index in [9.17, 15) is 18.0 Å². The van der Waals surface area contributed by atoms with E-state index in [0.29, 0.717) is 41.3 Å². The van der Waals surface area contributed by atoms with E-state index in [4.69, 9.17) is 11.0 Å². The molecule has 10 nitrogen and oxygen atoms in total. The monoisotopic (exact) mass is 464 g/mol. The summed E-state index contributed by atoms with van der Waals surface area (Å²) in [5.41, 5.74) is 7.83. The Balaban J connectivity index is 1.81. The van der Waals surface area contributed by atoms with E-state index in [1.807, 2.05) is 6.07 Å². The summed E-state index contributed by atoms with van der Waals surface area (Å²) in [7, 11) is -3.47. The molecule has 0 fully saturated rings. The van der Waals surface area contributed by atoms with E-state index in [1.54, 1.807) is 41.1 Å². The topological polar surface area (TPSA) is 151 Å². The van der Waals surface area contributed by atoms with Crippen LogP contribution in [-0.4, -0.2) is 47.8 Å². The Morgan fingerprint density at radius 3 is 2.52 bits per heavy atom. The fourth-order valence-corrected chi connectivity index (χ4v) is 4.31. The Labute approximate surface area is 190 Å². The molecule has 0 saturated heterocycles. The van der Waals surface area contributed by atoms with Gasteiger partial charge in [-0.2, -0.15) is 10.4 Å². The summed E-state index contributed by atoms with van der Waals surface area (Å²) in [5, 5.41) is 16.3. The molecule has 0 atom stereocenters. The molecule has 2 aromatic carbocycles. The first-order valence-electron chi connectivity index (χ1n) is 9.93. The smallest absolute Gasteiger partial charge is 0.315 e. The van der Waals surface area contributed by atoms with Crippen LogP contribution in [0.4, 0.5) is 10.5 Å². The highest BCUT2D eigenvalue weighted by Gasteiger charge is 2.30. The van der Waals surface area contributed by atoms with Crippen molar-refractivity contribution < 1.29 is 18.0 Å². The SMILES string of the molecule is CS(=O)(=O)c1cccc(-c2nn3c(c2C(=O)Nc2ccc(C#N)cc2)CN(C(N)=O)CC3)c1. The van der Waals surface area contributed by atoms with E-state index in [1.165, 1.54) is 17.0 Å². The number of urea groups is 1. The number of hydrogen-bond acceptors (Lipinski definition) is 6. The number of hydrogen-bond donors (Lipinski definition) is 2. The third-order valence-electron chi connectivity index (χ3n) is 5.33. The van der Waals surface area contributed by atoms with Crippen LogP contribution in [0.5, 0.6) is 0 Å². The van der Waals surface area contributed by atoms with Gasteiger partial charge in [-0.05, 0) is 36.4 Å². The molecule has 0 unspecified atom stereocenters. The summed E-state index contributed by atoms with van der Waals surface area (Å²) in [6.07, 6.45) is 1.10. The second-order valence-corrected chi connectivity index (χ2v) is 9.61. The number of aromatic nitrogens is 2. The predicted octanol–water partition coefficient (Wildman–Crippen LogP) is 1.97. The second kappa shape index (κ2) is 8.40. The zero-order chi connectivity index (χ0) is 23.8. The van der Waals surface area contributed by atoms with Crippen molar-refractivity contribution >= 4 is 27.5 Å². The quantitative estimate of drug-likeness (QED) is 0.602. The predicted molar refractivity (Wildman–Crippen MR) is 120 cm³/mol.